The third kappa shape index (κ3) is 3.55. The number of aromatic nitrogens is 1. The fourth-order valence-corrected chi connectivity index (χ4v) is 3.81. The molecule has 5 rings (SSSR count). The molecule has 164 valence electrons. The van der Waals surface area contributed by atoms with Crippen molar-refractivity contribution in [2.45, 2.75) is 32.4 Å². The summed E-state index contributed by atoms with van der Waals surface area (Å²) in [4.78, 5) is 27.1. The Hall–Kier alpha value is -3.88. The zero-order valence-electron chi connectivity index (χ0n) is 17.6. The zero-order chi connectivity index (χ0) is 22.5. The van der Waals surface area contributed by atoms with E-state index < -0.39 is 5.60 Å². The molecular formula is C23H21FN4O4. The van der Waals surface area contributed by atoms with Crippen LogP contribution >= 0.6 is 0 Å². The van der Waals surface area contributed by atoms with Crippen molar-refractivity contribution in [1.82, 2.24) is 10.1 Å². The quantitative estimate of drug-likeness (QED) is 0.647. The molecule has 3 aromatic rings. The average Bonchev–Trinajstić information content (AvgIpc) is 3.15. The van der Waals surface area contributed by atoms with Gasteiger partial charge in [0, 0.05) is 24.2 Å². The van der Waals surface area contributed by atoms with Gasteiger partial charge in [0.25, 0.3) is 11.8 Å². The molecule has 0 unspecified atom stereocenters. The maximum Gasteiger partial charge on any atom is 0.268 e. The summed E-state index contributed by atoms with van der Waals surface area (Å²) in [6, 6.07) is 11.0. The number of halogens is 1. The fraction of sp³-hybridized carbons (Fsp3) is 0.261. The van der Waals surface area contributed by atoms with E-state index in [1.807, 2.05) is 0 Å². The van der Waals surface area contributed by atoms with Crippen LogP contribution in [0.25, 0.3) is 0 Å². The van der Waals surface area contributed by atoms with E-state index >= 15 is 0 Å². The number of carbonyl (C=O) groups is 2. The molecule has 0 aliphatic carbocycles. The Bertz CT molecular complexity index is 1240. The standard InChI is InChI=1S/C23H21FN4O4/c1-23(2)22(30)26-17-10-13(6-7-19(17)31-23)21(29)28-9-8-18-16(12-28)20(27-32-18)25-15-5-3-4-14(24)11-15/h3-7,10-11H,8-9,12H2,1-2H3,(H,25,27)(H,26,30). The van der Waals surface area contributed by atoms with E-state index in [9.17, 15) is 14.0 Å². The number of hydrogen-bond acceptors (Lipinski definition) is 6. The van der Waals surface area contributed by atoms with E-state index in [4.69, 9.17) is 9.26 Å². The first-order chi connectivity index (χ1) is 15.3. The van der Waals surface area contributed by atoms with Crippen LogP contribution in [0.1, 0.15) is 35.5 Å². The van der Waals surface area contributed by atoms with Gasteiger partial charge in [-0.15, -0.1) is 0 Å². The molecule has 32 heavy (non-hydrogen) atoms. The molecule has 2 N–H and O–H groups in total. The maximum atomic E-state index is 13.5. The highest BCUT2D eigenvalue weighted by atomic mass is 19.1. The number of ether oxygens (including phenoxy) is 1. The number of rotatable bonds is 3. The summed E-state index contributed by atoms with van der Waals surface area (Å²) in [5.41, 5.74) is 1.23. The topological polar surface area (TPSA) is 96.7 Å². The van der Waals surface area contributed by atoms with Crippen molar-refractivity contribution >= 4 is 29.0 Å². The Morgan fingerprint density at radius 1 is 1.25 bits per heavy atom. The van der Waals surface area contributed by atoms with Gasteiger partial charge in [-0.3, -0.25) is 9.59 Å². The van der Waals surface area contributed by atoms with Crippen LogP contribution in [-0.4, -0.2) is 34.0 Å². The van der Waals surface area contributed by atoms with Crippen LogP contribution in [0.5, 0.6) is 5.75 Å². The van der Waals surface area contributed by atoms with Crippen LogP contribution in [0, 0.1) is 5.82 Å². The molecule has 0 atom stereocenters. The van der Waals surface area contributed by atoms with E-state index in [0.29, 0.717) is 53.8 Å². The van der Waals surface area contributed by atoms with Crippen LogP contribution in [0.4, 0.5) is 21.6 Å². The highest BCUT2D eigenvalue weighted by molar-refractivity contribution is 6.02. The summed E-state index contributed by atoms with van der Waals surface area (Å²) in [7, 11) is 0. The lowest BCUT2D eigenvalue weighted by molar-refractivity contribution is -0.129. The highest BCUT2D eigenvalue weighted by Crippen LogP contribution is 2.35. The molecular weight excluding hydrogens is 415 g/mol. The summed E-state index contributed by atoms with van der Waals surface area (Å²) in [5.74, 6) is 0.853. The second-order valence-corrected chi connectivity index (χ2v) is 8.32. The van der Waals surface area contributed by atoms with Crippen molar-refractivity contribution in [2.75, 3.05) is 17.2 Å². The largest absolute Gasteiger partial charge is 0.476 e. The summed E-state index contributed by atoms with van der Waals surface area (Å²) < 4.78 is 24.7. The average molecular weight is 436 g/mol. The Labute approximate surface area is 183 Å². The van der Waals surface area contributed by atoms with Gasteiger partial charge in [0.05, 0.1) is 17.8 Å². The van der Waals surface area contributed by atoms with Crippen molar-refractivity contribution in [1.29, 1.82) is 0 Å². The number of fused-ring (bicyclic) bond motifs is 2. The van der Waals surface area contributed by atoms with E-state index in [2.05, 4.69) is 15.8 Å². The smallest absolute Gasteiger partial charge is 0.268 e. The summed E-state index contributed by atoms with van der Waals surface area (Å²) in [5, 5.41) is 9.92. The minimum Gasteiger partial charge on any atom is -0.476 e. The van der Waals surface area contributed by atoms with E-state index in [1.54, 1.807) is 49.1 Å². The van der Waals surface area contributed by atoms with Crippen molar-refractivity contribution in [2.24, 2.45) is 0 Å². The van der Waals surface area contributed by atoms with Gasteiger partial charge in [-0.1, -0.05) is 11.2 Å². The minimum absolute atomic E-state index is 0.185. The Balaban J connectivity index is 1.36. The van der Waals surface area contributed by atoms with Crippen molar-refractivity contribution in [3.63, 3.8) is 0 Å². The summed E-state index contributed by atoms with van der Waals surface area (Å²) >= 11 is 0. The first-order valence-corrected chi connectivity index (χ1v) is 10.2. The second kappa shape index (κ2) is 7.37. The van der Waals surface area contributed by atoms with Crippen LogP contribution in [-0.2, 0) is 17.8 Å². The predicted octanol–water partition coefficient (Wildman–Crippen LogP) is 3.87. The first-order valence-electron chi connectivity index (χ1n) is 10.2. The normalized spacial score (nSPS) is 16.5. The van der Waals surface area contributed by atoms with E-state index in [-0.39, 0.29) is 17.6 Å². The van der Waals surface area contributed by atoms with Crippen molar-refractivity contribution in [3.8, 4) is 5.75 Å². The van der Waals surface area contributed by atoms with Crippen molar-refractivity contribution < 1.29 is 23.2 Å². The number of carbonyl (C=O) groups excluding carboxylic acids is 2. The lowest BCUT2D eigenvalue weighted by atomic mass is 10.0. The molecule has 0 fully saturated rings. The number of nitrogens with zero attached hydrogens (tertiary/aromatic N) is 2. The zero-order valence-corrected chi connectivity index (χ0v) is 17.6. The van der Waals surface area contributed by atoms with Gasteiger partial charge in [-0.25, -0.2) is 4.39 Å². The molecule has 2 aliphatic rings. The molecule has 0 saturated heterocycles. The molecule has 3 heterocycles. The van der Waals surface area contributed by atoms with E-state index in [0.717, 1.165) is 5.56 Å². The number of amides is 2. The molecule has 9 heteroatoms. The van der Waals surface area contributed by atoms with Crippen LogP contribution in [0.3, 0.4) is 0 Å². The van der Waals surface area contributed by atoms with Crippen LogP contribution in [0.2, 0.25) is 0 Å². The van der Waals surface area contributed by atoms with Gasteiger partial charge in [0.15, 0.2) is 11.4 Å². The second-order valence-electron chi connectivity index (χ2n) is 8.32. The number of benzene rings is 2. The van der Waals surface area contributed by atoms with Gasteiger partial charge in [0.1, 0.15) is 17.3 Å². The highest BCUT2D eigenvalue weighted by Gasteiger charge is 2.36. The Kier molecular flexibility index (Phi) is 4.61. The monoisotopic (exact) mass is 436 g/mol. The maximum absolute atomic E-state index is 13.5. The molecule has 0 saturated carbocycles. The Morgan fingerprint density at radius 3 is 2.91 bits per heavy atom. The minimum atomic E-state index is -0.971. The molecule has 2 aromatic carbocycles. The van der Waals surface area contributed by atoms with Crippen molar-refractivity contribution in [3.05, 3.63) is 65.2 Å². The molecule has 1 aromatic heterocycles. The van der Waals surface area contributed by atoms with Gasteiger partial charge in [-0.2, -0.15) is 0 Å². The third-order valence-corrected chi connectivity index (χ3v) is 5.59. The van der Waals surface area contributed by atoms with Gasteiger partial charge in [-0.05, 0) is 50.2 Å². The number of hydrogen-bond donors (Lipinski definition) is 2. The van der Waals surface area contributed by atoms with Gasteiger partial charge < -0.3 is 24.8 Å². The molecule has 2 amide bonds. The summed E-state index contributed by atoms with van der Waals surface area (Å²) in [6.07, 6.45) is 0.512. The molecule has 0 spiro atoms. The lowest BCUT2D eigenvalue weighted by Gasteiger charge is -2.32. The fourth-order valence-electron chi connectivity index (χ4n) is 3.81. The van der Waals surface area contributed by atoms with Gasteiger partial charge >= 0.3 is 0 Å². The van der Waals surface area contributed by atoms with Crippen LogP contribution in [0.15, 0.2) is 47.0 Å². The third-order valence-electron chi connectivity index (χ3n) is 5.59. The molecule has 0 radical (unpaired) electrons. The summed E-state index contributed by atoms with van der Waals surface area (Å²) in [6.45, 7) is 4.13. The van der Waals surface area contributed by atoms with E-state index in [1.165, 1.54) is 12.1 Å². The molecule has 2 aliphatic heterocycles. The Morgan fingerprint density at radius 2 is 2.09 bits per heavy atom. The number of nitrogens with one attached hydrogen (secondary N) is 2. The predicted molar refractivity (Wildman–Crippen MR) is 114 cm³/mol. The number of anilines is 3. The lowest BCUT2D eigenvalue weighted by Crippen LogP contribution is -2.45. The molecule has 8 nitrogen and oxygen atoms in total. The molecule has 0 bridgehead atoms. The van der Waals surface area contributed by atoms with Gasteiger partial charge in [0.2, 0.25) is 0 Å². The van der Waals surface area contributed by atoms with Crippen LogP contribution < -0.4 is 15.4 Å². The SMILES string of the molecule is CC1(C)Oc2ccc(C(=O)N3CCc4onc(Nc5cccc(F)c5)c4C3)cc2NC1=O. The first kappa shape index (κ1) is 20.0.